The second-order valence-electron chi connectivity index (χ2n) is 33.5. The highest BCUT2D eigenvalue weighted by Crippen LogP contribution is 2.41. The van der Waals surface area contributed by atoms with Crippen LogP contribution in [0.1, 0.15) is 116 Å². The molecule has 0 aliphatic heterocycles. The van der Waals surface area contributed by atoms with Gasteiger partial charge in [0.1, 0.15) is 54.9 Å². The molecule has 0 bridgehead atoms. The predicted molar refractivity (Wildman–Crippen MR) is 405 cm³/mol. The molecule has 6 heterocycles. The van der Waals surface area contributed by atoms with E-state index in [-0.39, 0.29) is 35.6 Å². The first kappa shape index (κ1) is 77.0. The Labute approximate surface area is 587 Å². The van der Waals surface area contributed by atoms with Crippen LogP contribution in [0.4, 0.5) is 11.6 Å². The monoisotopic (exact) mass is 1420 g/mol. The minimum Gasteiger partial charge on any atom is -0.460 e. The van der Waals surface area contributed by atoms with Crippen molar-refractivity contribution in [2.45, 2.75) is 219 Å². The molecule has 0 amide bonds. The maximum atomic E-state index is 12.9. The number of rotatable bonds is 29. The topological polar surface area (TPSA) is 182 Å². The molecule has 530 valence electrons. The van der Waals surface area contributed by atoms with Gasteiger partial charge in [-0.15, -0.1) is 0 Å². The number of hydrogen-bond donors (Lipinski definition) is 0. The number of carbonyl (C=O) groups is 2. The molecule has 0 radical (unpaired) electrons. The van der Waals surface area contributed by atoms with Gasteiger partial charge in [0.25, 0.3) is 0 Å². The smallest absolute Gasteiger partial charge is 0.309 e. The molecule has 97 heavy (non-hydrogen) atoms. The lowest BCUT2D eigenvalue weighted by Crippen LogP contribution is -2.33. The van der Waals surface area contributed by atoms with E-state index in [0.29, 0.717) is 58.5 Å². The van der Waals surface area contributed by atoms with E-state index >= 15 is 0 Å². The van der Waals surface area contributed by atoms with Crippen molar-refractivity contribution in [1.29, 1.82) is 0 Å². The van der Waals surface area contributed by atoms with Crippen LogP contribution in [0.25, 0.3) is 44.8 Å². The number of fused-ring (bicyclic) bond motifs is 2. The van der Waals surface area contributed by atoms with Gasteiger partial charge in [0.2, 0.25) is 0 Å². The summed E-state index contributed by atoms with van der Waals surface area (Å²) in [6.45, 7) is 44.4. The summed E-state index contributed by atoms with van der Waals surface area (Å²) in [7, 11) is -5.01. The highest BCUT2D eigenvalue weighted by molar-refractivity contribution is 6.77. The molecule has 23 heteroatoms. The van der Waals surface area contributed by atoms with Gasteiger partial charge in [-0.05, 0) is 135 Å². The fourth-order valence-corrected chi connectivity index (χ4v) is 14.8. The van der Waals surface area contributed by atoms with Crippen LogP contribution in [0, 0.1) is 11.8 Å². The van der Waals surface area contributed by atoms with Gasteiger partial charge in [0, 0.05) is 134 Å². The molecule has 2 fully saturated rings. The van der Waals surface area contributed by atoms with Crippen molar-refractivity contribution in [3.8, 4) is 33.5 Å². The maximum absolute atomic E-state index is 12.9. The van der Waals surface area contributed by atoms with Crippen molar-refractivity contribution in [3.63, 3.8) is 0 Å². The molecule has 2 aliphatic carbocycles. The Balaban J connectivity index is 0.000000249. The number of halogens is 1. The lowest BCUT2D eigenvalue weighted by molar-refractivity contribution is -0.162. The van der Waals surface area contributed by atoms with Gasteiger partial charge in [-0.2, -0.15) is 19.2 Å². The molecule has 0 spiro atoms. The highest BCUT2D eigenvalue weighted by Gasteiger charge is 2.35. The maximum Gasteiger partial charge on any atom is 0.309 e. The molecule has 0 atom stereocenters. The summed E-state index contributed by atoms with van der Waals surface area (Å²) < 4.78 is 40.6. The highest BCUT2D eigenvalue weighted by atomic mass is 35.5. The summed E-state index contributed by atoms with van der Waals surface area (Å²) in [5.74, 6) is 1.83. The average Bonchev–Trinajstić information content (AvgIpc) is 1.68. The van der Waals surface area contributed by atoms with E-state index in [1.54, 1.807) is 12.3 Å². The van der Waals surface area contributed by atoms with Crippen molar-refractivity contribution in [3.05, 3.63) is 108 Å². The molecule has 18 nitrogen and oxygen atoms in total. The van der Waals surface area contributed by atoms with Crippen molar-refractivity contribution in [2.24, 2.45) is 11.8 Å². The summed E-state index contributed by atoms with van der Waals surface area (Å²) >= 11 is 6.12. The number of nitrogens with zero attached hydrogens (tertiary/aromatic N) is 10. The zero-order valence-corrected chi connectivity index (χ0v) is 66.5. The molecule has 7 aromatic rings. The van der Waals surface area contributed by atoms with Gasteiger partial charge < -0.3 is 38.2 Å². The lowest BCUT2D eigenvalue weighted by atomic mass is 9.80. The molecule has 6 aromatic heterocycles. The van der Waals surface area contributed by atoms with Gasteiger partial charge in [-0.3, -0.25) is 14.6 Å². The van der Waals surface area contributed by atoms with Gasteiger partial charge in [-0.1, -0.05) is 127 Å². The molecule has 1 aromatic carbocycles. The van der Waals surface area contributed by atoms with Crippen molar-refractivity contribution < 1.29 is 38.0 Å². The van der Waals surface area contributed by atoms with Gasteiger partial charge in [-0.25, -0.2) is 15.0 Å². The third-order valence-corrected chi connectivity index (χ3v) is 24.6. The number of ether oxygens (including phenoxy) is 6. The minimum atomic E-state index is -1.26. The summed E-state index contributed by atoms with van der Waals surface area (Å²) in [6.07, 6.45) is 14.0. The molecular formula is C74H113ClN10O8Si4. The largest absolute Gasteiger partial charge is 0.460 e. The van der Waals surface area contributed by atoms with E-state index in [1.807, 2.05) is 93.4 Å². The van der Waals surface area contributed by atoms with E-state index in [1.165, 1.54) is 0 Å². The molecule has 9 rings (SSSR count). The Hall–Kier alpha value is -5.70. The SMILES string of the molecule is CC(C)(C)OC(=O)C1CCC(c2cc(N(COCC[Si](C)(C)C)COCC[Si](C)(C)C)n3ncc(-c4ccc(-c5ccccc5)nc4)c3n2)CC1.CC(C)(C)OC(=O)C1CCC(c2cc(N(COCC[Si](C)(C)C)COCC[Si](C)(C)C)n3ncc(-c4ccc(Cl)nc4)c3n2)CC1. The zero-order chi connectivity index (χ0) is 70.5. The van der Waals surface area contributed by atoms with Crippen molar-refractivity contribution in [2.75, 3.05) is 63.2 Å². The van der Waals surface area contributed by atoms with Gasteiger partial charge >= 0.3 is 11.9 Å². The zero-order valence-electron chi connectivity index (χ0n) is 61.7. The number of aromatic nitrogens is 8. The number of anilines is 2. The number of hydrogen-bond acceptors (Lipinski definition) is 16. The minimum absolute atomic E-state index is 0.0830. The Kier molecular flexibility index (Phi) is 26.7. The molecule has 0 saturated heterocycles. The van der Waals surface area contributed by atoms with Crippen LogP contribution in [-0.4, -0.2) is 148 Å². The Morgan fingerprint density at radius 3 is 1.15 bits per heavy atom. The Bertz CT molecular complexity index is 3590. The van der Waals surface area contributed by atoms with Crippen LogP contribution in [0.15, 0.2) is 91.5 Å². The third kappa shape index (κ3) is 24.3. The summed E-state index contributed by atoms with van der Waals surface area (Å²) in [4.78, 5) is 49.7. The van der Waals surface area contributed by atoms with Crippen LogP contribution >= 0.6 is 11.6 Å². The van der Waals surface area contributed by atoms with Crippen LogP contribution in [-0.2, 0) is 38.0 Å². The number of benzene rings is 1. The van der Waals surface area contributed by atoms with E-state index in [9.17, 15) is 9.59 Å². The molecule has 2 aliphatic rings. The first-order valence-electron chi connectivity index (χ1n) is 35.2. The van der Waals surface area contributed by atoms with Crippen molar-refractivity contribution >= 4 is 78.8 Å². The molecule has 0 N–H and O–H groups in total. The van der Waals surface area contributed by atoms with Gasteiger partial charge in [0.05, 0.1) is 29.9 Å². The second-order valence-corrected chi connectivity index (χ2v) is 56.3. The predicted octanol–water partition coefficient (Wildman–Crippen LogP) is 18.0. The van der Waals surface area contributed by atoms with E-state index in [0.717, 1.165) is 143 Å². The summed E-state index contributed by atoms with van der Waals surface area (Å²) in [6, 6.07) is 26.8. The first-order valence-corrected chi connectivity index (χ1v) is 50.4. The van der Waals surface area contributed by atoms with Crippen molar-refractivity contribution in [1.82, 2.24) is 39.2 Å². The second kappa shape index (κ2) is 33.6. The molecule has 0 unspecified atom stereocenters. The fraction of sp³-hybridized carbons (Fsp3) is 0.595. The fourth-order valence-electron chi connectivity index (χ4n) is 11.6. The summed E-state index contributed by atoms with van der Waals surface area (Å²) in [5.41, 5.74) is 8.21. The van der Waals surface area contributed by atoms with E-state index in [2.05, 4.69) is 130 Å². The normalized spacial score (nSPS) is 17.4. The van der Waals surface area contributed by atoms with Gasteiger partial charge in [0.15, 0.2) is 11.3 Å². The Morgan fingerprint density at radius 2 is 0.835 bits per heavy atom. The van der Waals surface area contributed by atoms with E-state index in [4.69, 9.17) is 65.2 Å². The average molecular weight is 1420 g/mol. The number of esters is 2. The number of carbonyl (C=O) groups excluding carboxylic acids is 2. The standard InChI is InChI=1S/C40H59N5O4Si2.C34H54ClN5O4Si2/c1-40(2,3)49-39(46)32-17-15-31(16-18-32)36-25-37(44(28-47-21-23-50(4,5)6)29-48-22-24-51(7,8)9)45-38(43-36)34(27-42-45)33-19-20-35(41-26-33)30-13-11-10-12-14-30;1-34(2,3)44-33(41)26-12-10-25(11-13-26)29-20-31(40-32(38-29)28(22-37-40)27-14-15-30(35)36-21-27)39(23-42-16-18-45(4,5)6)24-43-17-19-46(7,8)9/h10-14,19-20,25-27,31-32H,15-18,21-24,28-29H2,1-9H3;14-15,20-22,25-26H,10-13,16-19,23-24H2,1-9H3. The molecule has 2 saturated carbocycles. The number of pyridine rings is 2. The van der Waals surface area contributed by atoms with Crippen LogP contribution in [0.3, 0.4) is 0 Å². The van der Waals surface area contributed by atoms with Crippen LogP contribution in [0.5, 0.6) is 0 Å². The van der Waals surface area contributed by atoms with Crippen LogP contribution in [0.2, 0.25) is 108 Å². The van der Waals surface area contributed by atoms with E-state index < -0.39 is 43.5 Å². The summed E-state index contributed by atoms with van der Waals surface area (Å²) in [5, 5.41) is 10.2. The van der Waals surface area contributed by atoms with Crippen LogP contribution < -0.4 is 9.80 Å². The first-order chi connectivity index (χ1) is 45.6. The molecular weight excluding hydrogens is 1300 g/mol. The quantitative estimate of drug-likeness (QED) is 0.0142. The third-order valence-electron chi connectivity index (χ3n) is 17.5. The Morgan fingerprint density at radius 1 is 0.474 bits per heavy atom. The lowest BCUT2D eigenvalue weighted by Gasteiger charge is -2.31.